The van der Waals surface area contributed by atoms with Crippen molar-refractivity contribution in [1.29, 1.82) is 0 Å². The van der Waals surface area contributed by atoms with Crippen molar-refractivity contribution in [3.8, 4) is 11.5 Å². The fourth-order valence-electron chi connectivity index (χ4n) is 4.27. The summed E-state index contributed by atoms with van der Waals surface area (Å²) < 4.78 is 14.3. The van der Waals surface area contributed by atoms with E-state index < -0.39 is 6.04 Å². The number of hydrogen-bond acceptors (Lipinski definition) is 7. The molecule has 0 radical (unpaired) electrons. The van der Waals surface area contributed by atoms with Crippen LogP contribution in [0.4, 0.5) is 11.6 Å². The van der Waals surface area contributed by atoms with Gasteiger partial charge in [-0.15, -0.1) is 5.10 Å². The molecule has 1 aliphatic heterocycles. The highest BCUT2D eigenvalue weighted by atomic mass is 79.9. The molecule has 1 atom stereocenters. The average Bonchev–Trinajstić information content (AvgIpc) is 3.29. The first-order valence-corrected chi connectivity index (χ1v) is 14.6. The number of amides is 1. The minimum atomic E-state index is -0.533. The maximum Gasteiger partial charge on any atom is 0.255 e. The molecule has 1 aromatic heterocycles. The molecule has 3 aromatic rings. The highest BCUT2D eigenvalue weighted by Gasteiger charge is 2.35. The van der Waals surface area contributed by atoms with E-state index in [1.165, 1.54) is 0 Å². The zero-order valence-corrected chi connectivity index (χ0v) is 24.8. The third-order valence-electron chi connectivity index (χ3n) is 6.10. The monoisotopic (exact) mass is 599 g/mol. The summed E-state index contributed by atoms with van der Waals surface area (Å²) in [6.07, 6.45) is 2.98. The number of nitrogens with zero attached hydrogens (tertiary/aromatic N) is 3. The van der Waals surface area contributed by atoms with Gasteiger partial charge in [0.05, 0.1) is 23.8 Å². The summed E-state index contributed by atoms with van der Waals surface area (Å²) in [4.78, 5) is 18.5. The second-order valence-electron chi connectivity index (χ2n) is 9.14. The molecule has 2 N–H and O–H groups in total. The van der Waals surface area contributed by atoms with Gasteiger partial charge in [-0.3, -0.25) is 4.79 Å². The van der Waals surface area contributed by atoms with Gasteiger partial charge in [0.1, 0.15) is 6.04 Å². The number of aromatic nitrogens is 3. The van der Waals surface area contributed by atoms with Crippen molar-refractivity contribution < 1.29 is 14.3 Å². The van der Waals surface area contributed by atoms with Crippen LogP contribution in [0.5, 0.6) is 11.5 Å². The molecule has 38 heavy (non-hydrogen) atoms. The summed E-state index contributed by atoms with van der Waals surface area (Å²) in [5, 5.41) is 11.8. The number of rotatable bonds is 11. The molecule has 10 heteroatoms. The number of benzene rings is 2. The Morgan fingerprint density at radius 1 is 1.21 bits per heavy atom. The molecule has 0 bridgehead atoms. The fraction of sp³-hybridized carbons (Fsp3) is 0.393. The van der Waals surface area contributed by atoms with Crippen molar-refractivity contribution in [2.24, 2.45) is 0 Å². The Morgan fingerprint density at radius 3 is 2.74 bits per heavy atom. The summed E-state index contributed by atoms with van der Waals surface area (Å²) in [7, 11) is 1.62. The first kappa shape index (κ1) is 28.0. The largest absolute Gasteiger partial charge is 0.493 e. The standard InChI is InChI=1S/C28H34BrN5O3S/c1-6-8-12-37-25-21(29)15-19(16-22(25)36-5)24-23(26(35)31-20-11-9-10-17(3)14-20)18(4)30-27-32-28(33-34(24)27)38-13-7-2/h9-11,14-16,24H,6-8,12-13H2,1-5H3,(H,31,35)(H,30,32,33). The Morgan fingerprint density at radius 2 is 2.03 bits per heavy atom. The van der Waals surface area contributed by atoms with E-state index in [2.05, 4.69) is 40.4 Å². The van der Waals surface area contributed by atoms with Crippen LogP contribution < -0.4 is 20.1 Å². The van der Waals surface area contributed by atoms with E-state index in [-0.39, 0.29) is 5.91 Å². The lowest BCUT2D eigenvalue weighted by Gasteiger charge is -2.29. The van der Waals surface area contributed by atoms with E-state index in [0.717, 1.165) is 46.3 Å². The van der Waals surface area contributed by atoms with Crippen molar-refractivity contribution in [3.63, 3.8) is 0 Å². The van der Waals surface area contributed by atoms with Crippen LogP contribution in [0.15, 0.2) is 57.3 Å². The smallest absolute Gasteiger partial charge is 0.255 e. The number of fused-ring (bicyclic) bond motifs is 1. The Labute approximate surface area is 236 Å². The number of ether oxygens (including phenoxy) is 2. The minimum Gasteiger partial charge on any atom is -0.493 e. The minimum absolute atomic E-state index is 0.215. The van der Waals surface area contributed by atoms with Crippen molar-refractivity contribution in [2.45, 2.75) is 58.2 Å². The van der Waals surface area contributed by atoms with Crippen LogP contribution in [0.2, 0.25) is 0 Å². The molecule has 2 heterocycles. The Hall–Kier alpha value is -2.98. The number of anilines is 2. The molecular formula is C28H34BrN5O3S. The van der Waals surface area contributed by atoms with Crippen LogP contribution in [0.1, 0.15) is 57.2 Å². The highest BCUT2D eigenvalue weighted by Crippen LogP contribution is 2.43. The number of carbonyl (C=O) groups excluding carboxylic acids is 1. The van der Waals surface area contributed by atoms with Crippen LogP contribution >= 0.6 is 27.7 Å². The molecule has 0 saturated carbocycles. The van der Waals surface area contributed by atoms with E-state index in [9.17, 15) is 4.79 Å². The molecule has 202 valence electrons. The second kappa shape index (κ2) is 12.7. The zero-order valence-electron chi connectivity index (χ0n) is 22.4. The molecular weight excluding hydrogens is 566 g/mol. The van der Waals surface area contributed by atoms with Gasteiger partial charge in [0, 0.05) is 17.1 Å². The molecule has 1 aliphatic rings. The molecule has 1 amide bonds. The van der Waals surface area contributed by atoms with Gasteiger partial charge in [0.2, 0.25) is 11.1 Å². The maximum atomic E-state index is 13.8. The van der Waals surface area contributed by atoms with Crippen LogP contribution in [0.25, 0.3) is 0 Å². The number of halogens is 1. The number of carbonyl (C=O) groups is 1. The summed E-state index contributed by atoms with van der Waals surface area (Å²) >= 11 is 5.28. The number of hydrogen-bond donors (Lipinski definition) is 2. The summed E-state index contributed by atoms with van der Waals surface area (Å²) in [6.45, 7) is 8.72. The van der Waals surface area contributed by atoms with Gasteiger partial charge in [0.25, 0.3) is 5.91 Å². The molecule has 4 rings (SSSR count). The number of thioether (sulfide) groups is 1. The molecule has 0 saturated heterocycles. The molecule has 1 unspecified atom stereocenters. The maximum absolute atomic E-state index is 13.8. The third kappa shape index (κ3) is 6.18. The zero-order chi connectivity index (χ0) is 27.2. The number of aryl methyl sites for hydroxylation is 1. The van der Waals surface area contributed by atoms with Crippen molar-refractivity contribution in [2.75, 3.05) is 30.1 Å². The molecule has 0 aliphatic carbocycles. The number of nitrogens with one attached hydrogen (secondary N) is 2. The summed E-state index contributed by atoms with van der Waals surface area (Å²) in [5.74, 6) is 2.51. The lowest BCUT2D eigenvalue weighted by atomic mass is 9.94. The molecule has 0 spiro atoms. The van der Waals surface area contributed by atoms with Gasteiger partial charge in [-0.2, -0.15) is 4.98 Å². The summed E-state index contributed by atoms with van der Waals surface area (Å²) in [6, 6.07) is 11.1. The summed E-state index contributed by atoms with van der Waals surface area (Å²) in [5.41, 5.74) is 3.88. The number of unbranched alkanes of at least 4 members (excludes halogenated alkanes) is 1. The number of methoxy groups -OCH3 is 1. The highest BCUT2D eigenvalue weighted by molar-refractivity contribution is 9.10. The molecule has 0 fully saturated rings. The third-order valence-corrected chi connectivity index (χ3v) is 7.73. The lowest BCUT2D eigenvalue weighted by Crippen LogP contribution is -2.31. The average molecular weight is 601 g/mol. The second-order valence-corrected chi connectivity index (χ2v) is 11.1. The first-order chi connectivity index (χ1) is 18.4. The van der Waals surface area contributed by atoms with Crippen LogP contribution in [0, 0.1) is 6.92 Å². The lowest BCUT2D eigenvalue weighted by molar-refractivity contribution is -0.113. The normalized spacial score (nSPS) is 14.6. The molecule has 8 nitrogen and oxygen atoms in total. The van der Waals surface area contributed by atoms with Crippen molar-refractivity contribution >= 4 is 45.2 Å². The number of allylic oxidation sites excluding steroid dienone is 1. The Bertz CT molecular complexity index is 1340. The van der Waals surface area contributed by atoms with Gasteiger partial charge < -0.3 is 20.1 Å². The topological polar surface area (TPSA) is 90.3 Å². The Kier molecular flexibility index (Phi) is 9.38. The van der Waals surface area contributed by atoms with Crippen LogP contribution in [-0.4, -0.2) is 40.1 Å². The first-order valence-electron chi connectivity index (χ1n) is 12.8. The van der Waals surface area contributed by atoms with E-state index in [4.69, 9.17) is 19.6 Å². The van der Waals surface area contributed by atoms with Gasteiger partial charge in [-0.1, -0.05) is 44.2 Å². The van der Waals surface area contributed by atoms with Gasteiger partial charge in [-0.05, 0) is 78.0 Å². The SMILES string of the molecule is CCCCOc1c(Br)cc(C2C(C(=O)Nc3cccc(C)c3)=C(C)Nc3nc(SCCC)nn32)cc1OC. The van der Waals surface area contributed by atoms with Gasteiger partial charge in [0.15, 0.2) is 11.5 Å². The Balaban J connectivity index is 1.79. The van der Waals surface area contributed by atoms with E-state index in [1.54, 1.807) is 23.6 Å². The van der Waals surface area contributed by atoms with E-state index >= 15 is 0 Å². The van der Waals surface area contributed by atoms with E-state index in [1.807, 2.05) is 50.2 Å². The predicted octanol–water partition coefficient (Wildman–Crippen LogP) is 6.97. The van der Waals surface area contributed by atoms with Crippen molar-refractivity contribution in [3.05, 3.63) is 63.3 Å². The molecule has 2 aromatic carbocycles. The van der Waals surface area contributed by atoms with Gasteiger partial charge >= 0.3 is 0 Å². The quantitative estimate of drug-likeness (QED) is 0.182. The predicted molar refractivity (Wildman–Crippen MR) is 156 cm³/mol. The van der Waals surface area contributed by atoms with Crippen LogP contribution in [0.3, 0.4) is 0 Å². The fourth-order valence-corrected chi connectivity index (χ4v) is 5.52. The van der Waals surface area contributed by atoms with E-state index in [0.29, 0.717) is 40.5 Å². The van der Waals surface area contributed by atoms with Gasteiger partial charge in [-0.25, -0.2) is 4.68 Å². The van der Waals surface area contributed by atoms with Crippen molar-refractivity contribution in [1.82, 2.24) is 14.8 Å². The van der Waals surface area contributed by atoms with Crippen LogP contribution in [-0.2, 0) is 4.79 Å².